The maximum absolute atomic E-state index is 10.3. The molecule has 6 unspecified atom stereocenters. The van der Waals surface area contributed by atoms with Crippen LogP contribution in [-0.4, -0.2) is 44.8 Å². The summed E-state index contributed by atoms with van der Waals surface area (Å²) in [5, 5.41) is 20.5. The number of aliphatic hydroxyl groups excluding tert-OH is 2. The van der Waals surface area contributed by atoms with E-state index in [0.717, 1.165) is 12.8 Å². The molecule has 4 nitrogen and oxygen atoms in total. The molecule has 0 amide bonds. The Kier molecular flexibility index (Phi) is 9.66. The summed E-state index contributed by atoms with van der Waals surface area (Å²) >= 11 is 0. The van der Waals surface area contributed by atoms with Crippen LogP contribution in [0, 0.1) is 10.8 Å². The SMILES string of the molecule is CC(C=CC=C(C)C=CC12OC1(C)CC(O)CC2(C)C)=CC=CC=C(C)/C=C/C=C(/C)C=CC12OC1(C)CC(O)CC2(C)C. The summed E-state index contributed by atoms with van der Waals surface area (Å²) in [6.45, 7) is 21.4. The fourth-order valence-electron chi connectivity index (χ4n) is 7.99. The molecule has 2 saturated heterocycles. The van der Waals surface area contributed by atoms with Crippen LogP contribution in [0.5, 0.6) is 0 Å². The van der Waals surface area contributed by atoms with E-state index >= 15 is 0 Å². The summed E-state index contributed by atoms with van der Waals surface area (Å²) < 4.78 is 12.5. The van der Waals surface area contributed by atoms with Crippen LogP contribution in [0.3, 0.4) is 0 Å². The third-order valence-corrected chi connectivity index (χ3v) is 10.4. The van der Waals surface area contributed by atoms with Crippen LogP contribution in [0.25, 0.3) is 0 Å². The Bertz CT molecular complexity index is 1270. The molecule has 240 valence electrons. The van der Waals surface area contributed by atoms with E-state index < -0.39 is 0 Å². The zero-order chi connectivity index (χ0) is 32.6. The summed E-state index contributed by atoms with van der Waals surface area (Å²) in [5.74, 6) is 0. The van der Waals surface area contributed by atoms with Crippen LogP contribution < -0.4 is 0 Å². The Morgan fingerprint density at radius 2 is 0.818 bits per heavy atom. The lowest BCUT2D eigenvalue weighted by Crippen LogP contribution is -2.46. The van der Waals surface area contributed by atoms with Gasteiger partial charge in [0.15, 0.2) is 0 Å². The van der Waals surface area contributed by atoms with E-state index in [-0.39, 0.29) is 45.4 Å². The molecule has 0 spiro atoms. The molecule has 0 radical (unpaired) electrons. The molecule has 2 heterocycles. The minimum atomic E-state index is -0.294. The van der Waals surface area contributed by atoms with Crippen molar-refractivity contribution in [1.82, 2.24) is 0 Å². The molecule has 4 fully saturated rings. The molecule has 4 heteroatoms. The van der Waals surface area contributed by atoms with Crippen molar-refractivity contribution in [3.63, 3.8) is 0 Å². The predicted octanol–water partition coefficient (Wildman–Crippen LogP) is 8.97. The van der Waals surface area contributed by atoms with Gasteiger partial charge in [0.25, 0.3) is 0 Å². The van der Waals surface area contributed by atoms with Crippen molar-refractivity contribution < 1.29 is 19.7 Å². The molecule has 2 N–H and O–H groups in total. The minimum Gasteiger partial charge on any atom is -0.393 e. The topological polar surface area (TPSA) is 65.5 Å². The van der Waals surface area contributed by atoms with Gasteiger partial charge in [-0.25, -0.2) is 0 Å². The number of allylic oxidation sites excluding steroid dienone is 16. The summed E-state index contributed by atoms with van der Waals surface area (Å²) in [6.07, 6.45) is 32.0. The van der Waals surface area contributed by atoms with Gasteiger partial charge >= 0.3 is 0 Å². The molecule has 4 rings (SSSR count). The van der Waals surface area contributed by atoms with Gasteiger partial charge in [-0.2, -0.15) is 0 Å². The van der Waals surface area contributed by atoms with E-state index in [1.165, 1.54) is 22.3 Å². The lowest BCUT2D eigenvalue weighted by molar-refractivity contribution is 0.0510. The van der Waals surface area contributed by atoms with Gasteiger partial charge in [-0.1, -0.05) is 123 Å². The van der Waals surface area contributed by atoms with Crippen LogP contribution in [-0.2, 0) is 9.47 Å². The molecule has 44 heavy (non-hydrogen) atoms. The van der Waals surface area contributed by atoms with Gasteiger partial charge < -0.3 is 19.7 Å². The average molecular weight is 601 g/mol. The Labute approximate surface area is 267 Å². The van der Waals surface area contributed by atoms with Crippen LogP contribution in [0.4, 0.5) is 0 Å². The minimum absolute atomic E-state index is 0.0969. The molecular weight excluding hydrogens is 544 g/mol. The van der Waals surface area contributed by atoms with Crippen molar-refractivity contribution in [1.29, 1.82) is 0 Å². The quantitative estimate of drug-likeness (QED) is 0.194. The van der Waals surface area contributed by atoms with Crippen LogP contribution in [0.1, 0.15) is 94.9 Å². The van der Waals surface area contributed by atoms with Gasteiger partial charge in [0.05, 0.1) is 12.2 Å². The standard InChI is InChI=1S/C40H56O4/c1-29(17-13-19-31(3)21-23-39-35(5,6)25-33(41)27-37(39,9)43-39)15-11-12-16-30(2)18-14-20-32(4)22-24-40-36(7,8)26-34(42)28-38(40,10)44-40/h11-24,33-34,41-42H,25-28H2,1-10H3/b12-11?,17-13+,18-14?,23-21?,24-22?,29-15?,30-16?,31-19-,32-20?. The fraction of sp³-hybridized carbons (Fsp3) is 0.550. The summed E-state index contributed by atoms with van der Waals surface area (Å²) in [4.78, 5) is 0. The second-order valence-electron chi connectivity index (χ2n) is 15.4. The Balaban J connectivity index is 1.25. The average Bonchev–Trinajstić information content (AvgIpc) is 3.73. The van der Waals surface area contributed by atoms with Gasteiger partial charge in [-0.3, -0.25) is 0 Å². The van der Waals surface area contributed by atoms with Crippen LogP contribution in [0.15, 0.2) is 107 Å². The molecule has 4 aliphatic rings. The summed E-state index contributed by atoms with van der Waals surface area (Å²) in [5.41, 5.74) is 3.36. The van der Waals surface area contributed by atoms with Crippen molar-refractivity contribution in [2.75, 3.05) is 0 Å². The first-order valence-corrected chi connectivity index (χ1v) is 16.3. The van der Waals surface area contributed by atoms with Gasteiger partial charge in [0.1, 0.15) is 22.4 Å². The Morgan fingerprint density at radius 3 is 1.16 bits per heavy atom. The first-order chi connectivity index (χ1) is 20.4. The van der Waals surface area contributed by atoms with E-state index in [2.05, 4.69) is 154 Å². The molecule has 0 bridgehead atoms. The van der Waals surface area contributed by atoms with E-state index in [9.17, 15) is 10.2 Å². The predicted molar refractivity (Wildman–Crippen MR) is 183 cm³/mol. The molecule has 2 saturated carbocycles. The fourth-order valence-corrected chi connectivity index (χ4v) is 7.99. The monoisotopic (exact) mass is 600 g/mol. The highest BCUT2D eigenvalue weighted by atomic mass is 16.6. The first kappa shape index (κ1) is 34.4. The van der Waals surface area contributed by atoms with Crippen LogP contribution >= 0.6 is 0 Å². The number of hydrogen-bond donors (Lipinski definition) is 2. The number of fused-ring (bicyclic) bond motifs is 2. The molecule has 2 aliphatic carbocycles. The zero-order valence-corrected chi connectivity index (χ0v) is 28.8. The van der Waals surface area contributed by atoms with Crippen molar-refractivity contribution in [2.45, 2.75) is 130 Å². The van der Waals surface area contributed by atoms with Gasteiger partial charge in [-0.05, 0) is 66.5 Å². The van der Waals surface area contributed by atoms with Crippen molar-refractivity contribution >= 4 is 0 Å². The van der Waals surface area contributed by atoms with E-state index in [1.54, 1.807) is 0 Å². The van der Waals surface area contributed by atoms with E-state index in [1.807, 2.05) is 0 Å². The number of epoxide rings is 2. The number of hydrogen-bond acceptors (Lipinski definition) is 4. The van der Waals surface area contributed by atoms with E-state index in [4.69, 9.17) is 9.47 Å². The van der Waals surface area contributed by atoms with Gasteiger partial charge in [0, 0.05) is 23.7 Å². The highest BCUT2D eigenvalue weighted by Gasteiger charge is 2.75. The largest absolute Gasteiger partial charge is 0.393 e. The third kappa shape index (κ3) is 6.84. The summed E-state index contributed by atoms with van der Waals surface area (Å²) in [6, 6.07) is 0. The number of aliphatic hydroxyl groups is 2. The molecule has 6 atom stereocenters. The van der Waals surface area contributed by atoms with Crippen molar-refractivity contribution in [2.24, 2.45) is 10.8 Å². The Hall–Kier alpha value is -2.50. The van der Waals surface area contributed by atoms with Crippen molar-refractivity contribution in [3.05, 3.63) is 107 Å². The Morgan fingerprint density at radius 1 is 0.500 bits per heavy atom. The molecule has 2 aliphatic heterocycles. The summed E-state index contributed by atoms with van der Waals surface area (Å²) in [7, 11) is 0. The highest BCUT2D eigenvalue weighted by Crippen LogP contribution is 2.67. The second-order valence-corrected chi connectivity index (χ2v) is 15.4. The lowest BCUT2D eigenvalue weighted by atomic mass is 9.63. The van der Waals surface area contributed by atoms with E-state index in [0.29, 0.717) is 12.8 Å². The lowest BCUT2D eigenvalue weighted by Gasteiger charge is -2.39. The van der Waals surface area contributed by atoms with Gasteiger partial charge in [0.2, 0.25) is 0 Å². The van der Waals surface area contributed by atoms with Crippen molar-refractivity contribution in [3.8, 4) is 0 Å². The molecule has 0 aromatic carbocycles. The molecule has 0 aromatic rings. The zero-order valence-electron chi connectivity index (χ0n) is 28.8. The maximum atomic E-state index is 10.3. The maximum Gasteiger partial charge on any atom is 0.121 e. The normalized spacial score (nSPS) is 39.2. The third-order valence-electron chi connectivity index (χ3n) is 10.4. The number of rotatable bonds is 10. The molecule has 0 aromatic heterocycles. The molecular formula is C40H56O4. The second kappa shape index (κ2) is 12.4. The van der Waals surface area contributed by atoms with Gasteiger partial charge in [-0.15, -0.1) is 0 Å². The highest BCUT2D eigenvalue weighted by molar-refractivity contribution is 5.38. The number of ether oxygens (including phenoxy) is 2. The van der Waals surface area contributed by atoms with Crippen LogP contribution in [0.2, 0.25) is 0 Å². The smallest absolute Gasteiger partial charge is 0.121 e. The first-order valence-electron chi connectivity index (χ1n) is 16.3.